The van der Waals surface area contributed by atoms with Gasteiger partial charge in [0.2, 0.25) is 0 Å². The molecule has 0 amide bonds. The molecule has 0 rings (SSSR count). The summed E-state index contributed by atoms with van der Waals surface area (Å²) in [4.78, 5) is 11.4. The summed E-state index contributed by atoms with van der Waals surface area (Å²) in [5.41, 5.74) is 0. The first-order valence-electron chi connectivity index (χ1n) is 5.21. The zero-order valence-corrected chi connectivity index (χ0v) is 11.1. The highest BCUT2D eigenvalue weighted by Gasteiger charge is 2.19. The van der Waals surface area contributed by atoms with Crippen molar-refractivity contribution in [1.82, 2.24) is 0 Å². The maximum Gasteiger partial charge on any atom is 0.150 e. The van der Waals surface area contributed by atoms with E-state index in [2.05, 4.69) is 0 Å². The van der Waals surface area contributed by atoms with Gasteiger partial charge in [0.15, 0.2) is 9.84 Å². The first-order chi connectivity index (χ1) is 7.31. The molecular formula is C11H20O4S. The number of carbonyl (C=O) groups is 1. The molecule has 0 saturated heterocycles. The molecule has 16 heavy (non-hydrogen) atoms. The largest absolute Gasteiger partial charge is 0.377 e. The van der Waals surface area contributed by atoms with Crippen LogP contribution in [0.2, 0.25) is 0 Å². The second-order valence-electron chi connectivity index (χ2n) is 3.83. The van der Waals surface area contributed by atoms with Gasteiger partial charge in [0.05, 0.1) is 11.9 Å². The molecule has 0 aliphatic carbocycles. The standard InChI is InChI=1S/C11H20O4S/c1-5-10(12)9(2)11(15-3)7-6-8-16(4,13)14/h6-7,9,11H,5,8H2,1-4H3/b7-6-/t9-,11+/m0/s1. The van der Waals surface area contributed by atoms with E-state index in [1.165, 1.54) is 19.4 Å². The number of carbonyl (C=O) groups excluding carboxylic acids is 1. The highest BCUT2D eigenvalue weighted by atomic mass is 32.2. The molecule has 0 aromatic rings. The van der Waals surface area contributed by atoms with Crippen LogP contribution in [0.5, 0.6) is 0 Å². The van der Waals surface area contributed by atoms with Crippen molar-refractivity contribution in [3.8, 4) is 0 Å². The maximum atomic E-state index is 11.4. The fourth-order valence-electron chi connectivity index (χ4n) is 1.32. The van der Waals surface area contributed by atoms with E-state index < -0.39 is 9.84 Å². The Balaban J connectivity index is 4.46. The number of hydrogen-bond donors (Lipinski definition) is 0. The highest BCUT2D eigenvalue weighted by molar-refractivity contribution is 7.90. The van der Waals surface area contributed by atoms with Crippen molar-refractivity contribution in [2.45, 2.75) is 26.4 Å². The molecule has 0 fully saturated rings. The van der Waals surface area contributed by atoms with Gasteiger partial charge in [-0.2, -0.15) is 0 Å². The number of sulfone groups is 1. The monoisotopic (exact) mass is 248 g/mol. The van der Waals surface area contributed by atoms with E-state index in [1.807, 2.05) is 0 Å². The third-order valence-electron chi connectivity index (χ3n) is 2.35. The lowest BCUT2D eigenvalue weighted by Gasteiger charge is -2.17. The van der Waals surface area contributed by atoms with Crippen LogP contribution in [-0.2, 0) is 19.4 Å². The summed E-state index contributed by atoms with van der Waals surface area (Å²) in [6.45, 7) is 3.58. The predicted octanol–water partition coefficient (Wildman–Crippen LogP) is 1.22. The molecule has 0 aliphatic heterocycles. The van der Waals surface area contributed by atoms with E-state index in [4.69, 9.17) is 4.74 Å². The average molecular weight is 248 g/mol. The lowest BCUT2D eigenvalue weighted by molar-refractivity contribution is -0.125. The Morgan fingerprint density at radius 2 is 2.00 bits per heavy atom. The number of Topliss-reactive ketones (excluding diaryl/α,β-unsaturated/α-hetero) is 1. The molecule has 0 aromatic carbocycles. The van der Waals surface area contributed by atoms with E-state index >= 15 is 0 Å². The summed E-state index contributed by atoms with van der Waals surface area (Å²) < 4.78 is 27.0. The molecule has 0 radical (unpaired) electrons. The number of rotatable bonds is 7. The van der Waals surface area contributed by atoms with Crippen LogP contribution >= 0.6 is 0 Å². The third kappa shape index (κ3) is 6.02. The van der Waals surface area contributed by atoms with Crippen LogP contribution in [-0.4, -0.2) is 39.4 Å². The molecule has 4 nitrogen and oxygen atoms in total. The zero-order chi connectivity index (χ0) is 12.8. The van der Waals surface area contributed by atoms with Crippen molar-refractivity contribution >= 4 is 15.6 Å². The molecule has 0 unspecified atom stereocenters. The third-order valence-corrected chi connectivity index (χ3v) is 3.14. The Labute approximate surface area is 97.6 Å². The lowest BCUT2D eigenvalue weighted by Crippen LogP contribution is -2.25. The van der Waals surface area contributed by atoms with Crippen molar-refractivity contribution in [2.24, 2.45) is 5.92 Å². The number of hydrogen-bond acceptors (Lipinski definition) is 4. The zero-order valence-electron chi connectivity index (χ0n) is 10.3. The Hall–Kier alpha value is -0.680. The molecule has 5 heteroatoms. The van der Waals surface area contributed by atoms with Gasteiger partial charge in [0.25, 0.3) is 0 Å². The van der Waals surface area contributed by atoms with E-state index in [1.54, 1.807) is 19.9 Å². The van der Waals surface area contributed by atoms with Crippen LogP contribution in [0.15, 0.2) is 12.2 Å². The molecule has 0 spiro atoms. The van der Waals surface area contributed by atoms with Gasteiger partial charge in [-0.1, -0.05) is 26.0 Å². The Bertz CT molecular complexity index is 343. The van der Waals surface area contributed by atoms with Gasteiger partial charge in [-0.25, -0.2) is 8.42 Å². The maximum absolute atomic E-state index is 11.4. The van der Waals surface area contributed by atoms with E-state index in [0.717, 1.165) is 0 Å². The van der Waals surface area contributed by atoms with E-state index in [-0.39, 0.29) is 23.6 Å². The van der Waals surface area contributed by atoms with Gasteiger partial charge in [0, 0.05) is 25.7 Å². The summed E-state index contributed by atoms with van der Waals surface area (Å²) in [5, 5.41) is 0. The summed E-state index contributed by atoms with van der Waals surface area (Å²) in [6.07, 6.45) is 4.44. The summed E-state index contributed by atoms with van der Waals surface area (Å²) in [5.74, 6) is -0.165. The molecule has 0 aromatic heterocycles. The Morgan fingerprint density at radius 3 is 2.38 bits per heavy atom. The van der Waals surface area contributed by atoms with Crippen LogP contribution in [0, 0.1) is 5.92 Å². The van der Waals surface area contributed by atoms with Gasteiger partial charge < -0.3 is 4.74 Å². The summed E-state index contributed by atoms with van der Waals surface area (Å²) in [7, 11) is -1.50. The summed E-state index contributed by atoms with van der Waals surface area (Å²) in [6, 6.07) is 0. The Morgan fingerprint density at radius 1 is 1.44 bits per heavy atom. The second-order valence-corrected chi connectivity index (χ2v) is 6.01. The van der Waals surface area contributed by atoms with Gasteiger partial charge in [-0.15, -0.1) is 0 Å². The fraction of sp³-hybridized carbons (Fsp3) is 0.727. The van der Waals surface area contributed by atoms with Crippen LogP contribution < -0.4 is 0 Å². The quantitative estimate of drug-likeness (QED) is 0.636. The van der Waals surface area contributed by atoms with Gasteiger partial charge in [0.1, 0.15) is 5.78 Å². The van der Waals surface area contributed by atoms with Crippen molar-refractivity contribution in [3.63, 3.8) is 0 Å². The summed E-state index contributed by atoms with van der Waals surface area (Å²) >= 11 is 0. The minimum absolute atomic E-state index is 0.0279. The normalized spacial score (nSPS) is 16.2. The predicted molar refractivity (Wildman–Crippen MR) is 64.1 cm³/mol. The molecule has 0 bridgehead atoms. The topological polar surface area (TPSA) is 60.4 Å². The van der Waals surface area contributed by atoms with Gasteiger partial charge in [-0.05, 0) is 0 Å². The minimum atomic E-state index is -3.01. The van der Waals surface area contributed by atoms with Crippen molar-refractivity contribution in [3.05, 3.63) is 12.2 Å². The fourth-order valence-corrected chi connectivity index (χ4v) is 1.78. The highest BCUT2D eigenvalue weighted by Crippen LogP contribution is 2.11. The molecule has 0 saturated carbocycles. The van der Waals surface area contributed by atoms with Crippen molar-refractivity contribution in [1.29, 1.82) is 0 Å². The lowest BCUT2D eigenvalue weighted by atomic mass is 9.97. The van der Waals surface area contributed by atoms with Crippen LogP contribution in [0.3, 0.4) is 0 Å². The smallest absolute Gasteiger partial charge is 0.150 e. The molecule has 0 N–H and O–H groups in total. The van der Waals surface area contributed by atoms with Crippen LogP contribution in [0.25, 0.3) is 0 Å². The molecular weight excluding hydrogens is 228 g/mol. The van der Waals surface area contributed by atoms with Crippen LogP contribution in [0.1, 0.15) is 20.3 Å². The molecule has 0 heterocycles. The average Bonchev–Trinajstić information content (AvgIpc) is 2.20. The molecule has 0 aliphatic rings. The SMILES string of the molecule is CCC(=O)[C@H](C)[C@@H](/C=C\CS(C)(=O)=O)OC. The van der Waals surface area contributed by atoms with E-state index in [9.17, 15) is 13.2 Å². The van der Waals surface area contributed by atoms with Crippen LogP contribution in [0.4, 0.5) is 0 Å². The first-order valence-corrected chi connectivity index (χ1v) is 7.27. The van der Waals surface area contributed by atoms with E-state index in [0.29, 0.717) is 6.42 Å². The van der Waals surface area contributed by atoms with Crippen molar-refractivity contribution < 1.29 is 17.9 Å². The second kappa shape index (κ2) is 6.81. The Kier molecular flexibility index (Phi) is 6.52. The molecule has 94 valence electrons. The van der Waals surface area contributed by atoms with Crippen molar-refractivity contribution in [2.75, 3.05) is 19.1 Å². The molecule has 2 atom stereocenters. The van der Waals surface area contributed by atoms with Gasteiger partial charge in [-0.3, -0.25) is 4.79 Å². The number of methoxy groups -OCH3 is 1. The number of ether oxygens (including phenoxy) is 1. The minimum Gasteiger partial charge on any atom is -0.377 e. The van der Waals surface area contributed by atoms with Gasteiger partial charge >= 0.3 is 0 Å². The first kappa shape index (κ1) is 15.3. The number of ketones is 1.